The van der Waals surface area contributed by atoms with E-state index in [4.69, 9.17) is 0 Å². The van der Waals surface area contributed by atoms with Gasteiger partial charge in [0.25, 0.3) is 6.29 Å². The van der Waals surface area contributed by atoms with Gasteiger partial charge in [-0.3, -0.25) is 0 Å². The van der Waals surface area contributed by atoms with Gasteiger partial charge in [-0.25, -0.2) is 4.58 Å². The van der Waals surface area contributed by atoms with Crippen molar-refractivity contribution in [2.24, 2.45) is 20.5 Å². The van der Waals surface area contributed by atoms with Crippen LogP contribution >= 0.6 is 0 Å². The summed E-state index contributed by atoms with van der Waals surface area (Å²) in [6.45, 7) is 12.5. The van der Waals surface area contributed by atoms with Crippen LogP contribution in [0.5, 0.6) is 0 Å². The van der Waals surface area contributed by atoms with E-state index >= 15 is 0 Å². The highest BCUT2D eigenvalue weighted by Gasteiger charge is 2.34. The molecule has 0 aliphatic carbocycles. The number of nitrogens with one attached hydrogen (secondary N) is 1. The summed E-state index contributed by atoms with van der Waals surface area (Å²) in [5.41, 5.74) is 7.19. The van der Waals surface area contributed by atoms with Crippen LogP contribution in [-0.4, -0.2) is 62.1 Å². The minimum atomic E-state index is -0.313. The maximum Gasteiger partial charge on any atom is 0.430 e. The highest BCUT2D eigenvalue weighted by Crippen LogP contribution is 2.22. The Morgan fingerprint density at radius 3 is 1.67 bits per heavy atom. The summed E-state index contributed by atoms with van der Waals surface area (Å²) in [6, 6.07) is 16.3. The van der Waals surface area contributed by atoms with Gasteiger partial charge >= 0.3 is 5.96 Å². The predicted molar refractivity (Wildman–Crippen MR) is 135 cm³/mol. The maximum absolute atomic E-state index is 4.50. The van der Waals surface area contributed by atoms with Crippen molar-refractivity contribution in [3.8, 4) is 0 Å². The van der Waals surface area contributed by atoms with Gasteiger partial charge < -0.3 is 9.80 Å². The van der Waals surface area contributed by atoms with E-state index in [-0.39, 0.29) is 6.29 Å². The van der Waals surface area contributed by atoms with E-state index in [2.05, 4.69) is 87.6 Å². The molecule has 2 aromatic carbocycles. The van der Waals surface area contributed by atoms with Crippen LogP contribution in [0.15, 0.2) is 69.0 Å². The lowest BCUT2D eigenvalue weighted by Gasteiger charge is -2.20. The zero-order valence-corrected chi connectivity index (χ0v) is 20.6. The molecule has 9 heteroatoms. The summed E-state index contributed by atoms with van der Waals surface area (Å²) in [5.74, 6) is 0.617. The lowest BCUT2D eigenvalue weighted by atomic mass is 10.2. The summed E-state index contributed by atoms with van der Waals surface area (Å²) in [6.07, 6.45) is -0.313. The Hall–Kier alpha value is -3.33. The van der Waals surface area contributed by atoms with Crippen LogP contribution in [-0.2, 0) is 0 Å². The van der Waals surface area contributed by atoms with E-state index in [1.54, 1.807) is 0 Å². The van der Waals surface area contributed by atoms with Gasteiger partial charge in [-0.2, -0.15) is 10.5 Å². The van der Waals surface area contributed by atoms with Crippen molar-refractivity contribution < 1.29 is 4.58 Å². The fraction of sp³-hybridized carbons (Fsp3) is 0.458. The highest BCUT2D eigenvalue weighted by molar-refractivity contribution is 5.75. The van der Waals surface area contributed by atoms with Gasteiger partial charge in [0.1, 0.15) is 5.69 Å². The summed E-state index contributed by atoms with van der Waals surface area (Å²) >= 11 is 0. The Bertz CT molecular complexity index is 972. The number of rotatable bonds is 9. The number of azo groups is 2. The van der Waals surface area contributed by atoms with Gasteiger partial charge in [0.05, 0.1) is 12.7 Å². The molecule has 1 N–H and O–H groups in total. The molecule has 0 bridgehead atoms. The molecule has 0 spiro atoms. The quantitative estimate of drug-likeness (QED) is 0.432. The number of anilines is 2. The SMILES string of the molecule is CCN(CC)c1ccc(N=NC2=[N+](C)C(N=Nc3ccc(N(CC)CC)cc3)N(C)N2)cc1. The first-order valence-corrected chi connectivity index (χ1v) is 11.6. The van der Waals surface area contributed by atoms with Gasteiger partial charge in [0.2, 0.25) is 0 Å². The molecule has 0 saturated heterocycles. The first-order chi connectivity index (χ1) is 16.0. The molecule has 1 aliphatic heterocycles. The normalized spacial score (nSPS) is 16.7. The average Bonchev–Trinajstić information content (AvgIpc) is 3.11. The molecular formula is C24H36N9+. The fourth-order valence-electron chi connectivity index (χ4n) is 3.77. The molecule has 0 amide bonds. The van der Waals surface area contributed by atoms with Crippen molar-refractivity contribution in [3.63, 3.8) is 0 Å². The van der Waals surface area contributed by atoms with Crippen LogP contribution in [0.25, 0.3) is 0 Å². The Morgan fingerprint density at radius 1 is 0.758 bits per heavy atom. The summed E-state index contributed by atoms with van der Waals surface area (Å²) in [7, 11) is 3.83. The van der Waals surface area contributed by atoms with Gasteiger partial charge in [0.15, 0.2) is 0 Å². The topological polar surface area (TPSA) is 74.2 Å². The molecule has 0 fully saturated rings. The summed E-state index contributed by atoms with van der Waals surface area (Å²) in [4.78, 5) is 4.59. The molecule has 33 heavy (non-hydrogen) atoms. The average molecular weight is 451 g/mol. The number of guanidine groups is 1. The highest BCUT2D eigenvalue weighted by atomic mass is 15.7. The van der Waals surface area contributed by atoms with Crippen LogP contribution in [0.2, 0.25) is 0 Å². The van der Waals surface area contributed by atoms with Crippen LogP contribution < -0.4 is 15.2 Å². The first-order valence-electron chi connectivity index (χ1n) is 11.6. The zero-order chi connectivity index (χ0) is 23.8. The van der Waals surface area contributed by atoms with Crippen molar-refractivity contribution in [3.05, 3.63) is 48.5 Å². The second-order valence-corrected chi connectivity index (χ2v) is 7.80. The van der Waals surface area contributed by atoms with Crippen molar-refractivity contribution in [1.82, 2.24) is 10.4 Å². The Kier molecular flexibility index (Phi) is 8.48. The smallest absolute Gasteiger partial charge is 0.372 e. The minimum Gasteiger partial charge on any atom is -0.372 e. The third-order valence-corrected chi connectivity index (χ3v) is 5.80. The molecule has 0 radical (unpaired) electrons. The van der Waals surface area contributed by atoms with Crippen molar-refractivity contribution in [2.45, 2.75) is 34.0 Å². The Labute approximate surface area is 197 Å². The third kappa shape index (κ3) is 5.92. The monoisotopic (exact) mass is 450 g/mol. The molecule has 1 atom stereocenters. The molecule has 2 aromatic rings. The number of hydrazine groups is 1. The molecule has 0 saturated carbocycles. The molecular weight excluding hydrogens is 414 g/mol. The number of hydrogen-bond donors (Lipinski definition) is 1. The van der Waals surface area contributed by atoms with Gasteiger partial charge in [-0.1, -0.05) is 5.11 Å². The van der Waals surface area contributed by atoms with Crippen LogP contribution in [0.3, 0.4) is 0 Å². The molecule has 9 nitrogen and oxygen atoms in total. The van der Waals surface area contributed by atoms with Crippen molar-refractivity contribution in [1.29, 1.82) is 0 Å². The van der Waals surface area contributed by atoms with E-state index in [0.29, 0.717) is 5.96 Å². The summed E-state index contributed by atoms with van der Waals surface area (Å²) in [5, 5.41) is 19.6. The molecule has 1 heterocycles. The van der Waals surface area contributed by atoms with E-state index < -0.39 is 0 Å². The Morgan fingerprint density at radius 2 is 1.21 bits per heavy atom. The number of hydrogen-bond acceptors (Lipinski definition) is 8. The van der Waals surface area contributed by atoms with E-state index in [1.807, 2.05) is 47.9 Å². The van der Waals surface area contributed by atoms with Crippen LogP contribution in [0.4, 0.5) is 22.7 Å². The largest absolute Gasteiger partial charge is 0.430 e. The molecule has 176 valence electrons. The third-order valence-electron chi connectivity index (χ3n) is 5.80. The second kappa shape index (κ2) is 11.5. The second-order valence-electron chi connectivity index (χ2n) is 7.80. The van der Waals surface area contributed by atoms with Gasteiger partial charge in [-0.15, -0.1) is 10.1 Å². The van der Waals surface area contributed by atoms with Gasteiger partial charge in [-0.05, 0) is 76.2 Å². The van der Waals surface area contributed by atoms with Gasteiger partial charge in [0, 0.05) is 49.7 Å². The van der Waals surface area contributed by atoms with E-state index in [0.717, 1.165) is 37.6 Å². The lowest BCUT2D eigenvalue weighted by Crippen LogP contribution is -2.37. The zero-order valence-electron chi connectivity index (χ0n) is 20.6. The molecule has 1 aliphatic rings. The van der Waals surface area contributed by atoms with Crippen LogP contribution in [0.1, 0.15) is 27.7 Å². The minimum absolute atomic E-state index is 0.313. The maximum atomic E-state index is 4.50. The number of benzene rings is 2. The van der Waals surface area contributed by atoms with Crippen LogP contribution in [0, 0.1) is 0 Å². The van der Waals surface area contributed by atoms with E-state index in [9.17, 15) is 0 Å². The molecule has 0 aromatic heterocycles. The molecule has 1 unspecified atom stereocenters. The standard InChI is InChI=1S/C24H35N9/c1-7-32(8-2)21-15-11-19(12-16-21)25-27-23-29-31(6)24(30(23)5)28-26-20-13-17-22(18-14-20)33(9-3)10-4/h11-18,24H,7-10H2,1-6H3/p+1. The first kappa shape index (κ1) is 24.3. The summed E-state index contributed by atoms with van der Waals surface area (Å²) < 4.78 is 1.90. The van der Waals surface area contributed by atoms with Crippen molar-refractivity contribution >= 4 is 28.7 Å². The number of nitrogens with zero attached hydrogens (tertiary/aromatic N) is 8. The predicted octanol–water partition coefficient (Wildman–Crippen LogP) is 4.98. The Balaban J connectivity index is 1.68. The van der Waals surface area contributed by atoms with E-state index in [1.165, 1.54) is 11.4 Å². The fourth-order valence-corrected chi connectivity index (χ4v) is 3.77. The van der Waals surface area contributed by atoms with Crippen molar-refractivity contribution in [2.75, 3.05) is 50.1 Å². The lowest BCUT2D eigenvalue weighted by molar-refractivity contribution is -0.549. The molecule has 3 rings (SSSR count).